The van der Waals surface area contributed by atoms with Gasteiger partial charge >= 0.3 is 0 Å². The standard InChI is InChI=1S/C30H32N6O4S/c1-39-24-4-2-3-21(19-24)20-33-29(38)27-10-9-26(41-27)25-11-12-32-30(35-25)34-23-7-5-22(6-8-23)28(37)31-13-14-36-15-17-40-18-16-36/h2-12,19H,13-18,20H2,1H3,(H,31,37)(H,33,38)(H,32,34,35). The Morgan fingerprint density at radius 2 is 1.83 bits per heavy atom. The van der Waals surface area contributed by atoms with E-state index in [1.807, 2.05) is 42.5 Å². The fourth-order valence-electron chi connectivity index (χ4n) is 4.29. The molecule has 41 heavy (non-hydrogen) atoms. The van der Waals surface area contributed by atoms with E-state index in [-0.39, 0.29) is 11.8 Å². The molecule has 2 aromatic heterocycles. The Morgan fingerprint density at radius 3 is 2.63 bits per heavy atom. The van der Waals surface area contributed by atoms with E-state index in [0.717, 1.165) is 54.7 Å². The van der Waals surface area contributed by atoms with E-state index in [4.69, 9.17) is 9.47 Å². The molecule has 5 rings (SSSR count). The molecule has 0 radical (unpaired) electrons. The normalized spacial score (nSPS) is 13.4. The van der Waals surface area contributed by atoms with Gasteiger partial charge in [0.1, 0.15) is 5.75 Å². The lowest BCUT2D eigenvalue weighted by Gasteiger charge is -2.26. The fraction of sp³-hybridized carbons (Fsp3) is 0.267. The molecule has 0 spiro atoms. The lowest BCUT2D eigenvalue weighted by molar-refractivity contribution is 0.0383. The van der Waals surface area contributed by atoms with Crippen molar-refractivity contribution >= 4 is 34.8 Å². The highest BCUT2D eigenvalue weighted by atomic mass is 32.1. The summed E-state index contributed by atoms with van der Waals surface area (Å²) in [5.41, 5.74) is 3.01. The average molecular weight is 573 g/mol. The zero-order chi connectivity index (χ0) is 28.4. The summed E-state index contributed by atoms with van der Waals surface area (Å²) in [5.74, 6) is 0.910. The van der Waals surface area contributed by atoms with Gasteiger partial charge < -0.3 is 25.4 Å². The SMILES string of the molecule is COc1cccc(CNC(=O)c2ccc(-c3ccnc(Nc4ccc(C(=O)NCCN5CCOCC5)cc4)n3)s2)c1. The monoisotopic (exact) mass is 572 g/mol. The largest absolute Gasteiger partial charge is 0.497 e. The minimum Gasteiger partial charge on any atom is -0.497 e. The molecule has 3 heterocycles. The van der Waals surface area contributed by atoms with Crippen LogP contribution in [0.4, 0.5) is 11.6 Å². The lowest BCUT2D eigenvalue weighted by atomic mass is 10.2. The number of anilines is 2. The second kappa shape index (κ2) is 13.8. The van der Waals surface area contributed by atoms with Crippen LogP contribution in [0.1, 0.15) is 25.6 Å². The Kier molecular flexibility index (Phi) is 9.53. The van der Waals surface area contributed by atoms with E-state index in [9.17, 15) is 9.59 Å². The highest BCUT2D eigenvalue weighted by Gasteiger charge is 2.13. The number of benzene rings is 2. The predicted octanol–water partition coefficient (Wildman–Crippen LogP) is 3.95. The number of nitrogens with one attached hydrogen (secondary N) is 3. The van der Waals surface area contributed by atoms with Crippen LogP contribution in [0, 0.1) is 0 Å². The first-order valence-electron chi connectivity index (χ1n) is 13.4. The maximum Gasteiger partial charge on any atom is 0.261 e. The molecule has 2 aromatic carbocycles. The van der Waals surface area contributed by atoms with Crippen molar-refractivity contribution < 1.29 is 19.1 Å². The Morgan fingerprint density at radius 1 is 1.00 bits per heavy atom. The molecule has 0 unspecified atom stereocenters. The summed E-state index contributed by atoms with van der Waals surface area (Å²) < 4.78 is 10.6. The molecule has 1 aliphatic rings. The van der Waals surface area contributed by atoms with Crippen LogP contribution in [0.2, 0.25) is 0 Å². The average Bonchev–Trinajstić information content (AvgIpc) is 3.52. The fourth-order valence-corrected chi connectivity index (χ4v) is 5.19. The lowest BCUT2D eigenvalue weighted by Crippen LogP contribution is -2.41. The van der Waals surface area contributed by atoms with Gasteiger partial charge in [-0.15, -0.1) is 11.3 Å². The number of rotatable bonds is 11. The van der Waals surface area contributed by atoms with E-state index >= 15 is 0 Å². The van der Waals surface area contributed by atoms with Crippen LogP contribution in [-0.2, 0) is 11.3 Å². The molecule has 2 amide bonds. The molecule has 4 aromatic rings. The van der Waals surface area contributed by atoms with Gasteiger partial charge in [-0.2, -0.15) is 0 Å². The summed E-state index contributed by atoms with van der Waals surface area (Å²) in [6.07, 6.45) is 1.67. The van der Waals surface area contributed by atoms with E-state index in [0.29, 0.717) is 35.2 Å². The summed E-state index contributed by atoms with van der Waals surface area (Å²) >= 11 is 1.36. The quantitative estimate of drug-likeness (QED) is 0.247. The number of methoxy groups -OCH3 is 1. The second-order valence-corrected chi connectivity index (χ2v) is 10.5. The molecule has 10 nitrogen and oxygen atoms in total. The smallest absolute Gasteiger partial charge is 0.261 e. The van der Waals surface area contributed by atoms with Crippen LogP contribution < -0.4 is 20.7 Å². The first-order chi connectivity index (χ1) is 20.1. The highest BCUT2D eigenvalue weighted by molar-refractivity contribution is 7.17. The first kappa shape index (κ1) is 28.2. The number of carbonyl (C=O) groups is 2. The van der Waals surface area contributed by atoms with E-state index in [1.54, 1.807) is 37.6 Å². The number of carbonyl (C=O) groups excluding carboxylic acids is 2. The van der Waals surface area contributed by atoms with Crippen LogP contribution in [0.3, 0.4) is 0 Å². The van der Waals surface area contributed by atoms with Crippen molar-refractivity contribution in [1.29, 1.82) is 0 Å². The van der Waals surface area contributed by atoms with Gasteiger partial charge in [-0.1, -0.05) is 12.1 Å². The van der Waals surface area contributed by atoms with Crippen LogP contribution >= 0.6 is 11.3 Å². The van der Waals surface area contributed by atoms with E-state index in [1.165, 1.54) is 11.3 Å². The number of hydrogen-bond acceptors (Lipinski definition) is 9. The van der Waals surface area contributed by atoms with Crippen molar-refractivity contribution in [3.63, 3.8) is 0 Å². The van der Waals surface area contributed by atoms with Crippen molar-refractivity contribution in [2.24, 2.45) is 0 Å². The van der Waals surface area contributed by atoms with Gasteiger partial charge in [-0.25, -0.2) is 9.97 Å². The van der Waals surface area contributed by atoms with Gasteiger partial charge in [0.15, 0.2) is 0 Å². The minimum absolute atomic E-state index is 0.107. The van der Waals surface area contributed by atoms with Gasteiger partial charge in [0.25, 0.3) is 11.8 Å². The third kappa shape index (κ3) is 7.88. The van der Waals surface area contributed by atoms with Crippen LogP contribution in [0.25, 0.3) is 10.6 Å². The molecule has 212 valence electrons. The maximum absolute atomic E-state index is 12.7. The third-order valence-electron chi connectivity index (χ3n) is 6.55. The molecule has 11 heteroatoms. The van der Waals surface area contributed by atoms with Crippen molar-refractivity contribution in [3.8, 4) is 16.3 Å². The molecular weight excluding hydrogens is 540 g/mol. The van der Waals surface area contributed by atoms with Crippen molar-refractivity contribution in [1.82, 2.24) is 25.5 Å². The van der Waals surface area contributed by atoms with Crippen molar-refractivity contribution in [2.75, 3.05) is 51.8 Å². The number of ether oxygens (including phenoxy) is 2. The number of morpholine rings is 1. The molecule has 0 atom stereocenters. The zero-order valence-corrected chi connectivity index (χ0v) is 23.6. The third-order valence-corrected chi connectivity index (χ3v) is 7.65. The van der Waals surface area contributed by atoms with Crippen LogP contribution in [0.15, 0.2) is 72.9 Å². The Hall–Kier alpha value is -4.32. The van der Waals surface area contributed by atoms with Gasteiger partial charge in [0.05, 0.1) is 35.8 Å². The predicted molar refractivity (Wildman–Crippen MR) is 159 cm³/mol. The minimum atomic E-state index is -0.151. The Labute approximate surface area is 242 Å². The topological polar surface area (TPSA) is 118 Å². The molecule has 1 aliphatic heterocycles. The number of aromatic nitrogens is 2. The summed E-state index contributed by atoms with van der Waals surface area (Å²) in [4.78, 5) is 37.9. The summed E-state index contributed by atoms with van der Waals surface area (Å²) in [5, 5.41) is 9.11. The molecule has 1 saturated heterocycles. The van der Waals surface area contributed by atoms with Crippen LogP contribution in [0.5, 0.6) is 5.75 Å². The highest BCUT2D eigenvalue weighted by Crippen LogP contribution is 2.27. The first-order valence-corrected chi connectivity index (χ1v) is 14.2. The van der Waals surface area contributed by atoms with Gasteiger partial charge in [0.2, 0.25) is 5.95 Å². The van der Waals surface area contributed by atoms with Crippen molar-refractivity contribution in [2.45, 2.75) is 6.54 Å². The van der Waals surface area contributed by atoms with Crippen molar-refractivity contribution in [3.05, 3.63) is 88.9 Å². The van der Waals surface area contributed by atoms with Gasteiger partial charge in [-0.05, 0) is 60.2 Å². The molecule has 1 fully saturated rings. The summed E-state index contributed by atoms with van der Waals surface area (Å²) in [6, 6.07) is 20.3. The van der Waals surface area contributed by atoms with E-state index < -0.39 is 0 Å². The second-order valence-electron chi connectivity index (χ2n) is 9.38. The van der Waals surface area contributed by atoms with Crippen LogP contribution in [-0.4, -0.2) is 73.2 Å². The van der Waals surface area contributed by atoms with Gasteiger partial charge in [-0.3, -0.25) is 14.5 Å². The Balaban J connectivity index is 1.14. The number of nitrogens with zero attached hydrogens (tertiary/aromatic N) is 3. The molecule has 0 bridgehead atoms. The number of amides is 2. The van der Waals surface area contributed by atoms with E-state index in [2.05, 4.69) is 30.8 Å². The summed E-state index contributed by atoms with van der Waals surface area (Å²) in [7, 11) is 1.62. The number of hydrogen-bond donors (Lipinski definition) is 3. The molecule has 0 saturated carbocycles. The summed E-state index contributed by atoms with van der Waals surface area (Å²) in [6.45, 7) is 5.08. The maximum atomic E-state index is 12.7. The number of thiophene rings is 1. The molecule has 3 N–H and O–H groups in total. The molecule has 0 aliphatic carbocycles. The zero-order valence-electron chi connectivity index (χ0n) is 22.8. The Bertz CT molecular complexity index is 1470. The molecular formula is C30H32N6O4S. The van der Waals surface area contributed by atoms with Gasteiger partial charge in [0, 0.05) is 50.2 Å².